The molecule has 0 aliphatic carbocycles. The van der Waals surface area contributed by atoms with Gasteiger partial charge in [0.15, 0.2) is 11.5 Å². The molecule has 3 aromatic rings. The summed E-state index contributed by atoms with van der Waals surface area (Å²) in [4.78, 5) is 42.5. The van der Waals surface area contributed by atoms with Crippen molar-refractivity contribution < 1.29 is 23.9 Å². The van der Waals surface area contributed by atoms with Gasteiger partial charge in [-0.05, 0) is 30.3 Å². The lowest BCUT2D eigenvalue weighted by Gasteiger charge is -2.15. The van der Waals surface area contributed by atoms with Crippen molar-refractivity contribution in [1.29, 1.82) is 0 Å². The fourth-order valence-corrected chi connectivity index (χ4v) is 3.39. The minimum Gasteiger partial charge on any atom is -0.493 e. The third-order valence-electron chi connectivity index (χ3n) is 5.01. The monoisotopic (exact) mass is 431 g/mol. The van der Waals surface area contributed by atoms with E-state index in [1.807, 2.05) is 12.1 Å². The minimum atomic E-state index is -0.381. The van der Waals surface area contributed by atoms with E-state index < -0.39 is 0 Å². The van der Waals surface area contributed by atoms with Gasteiger partial charge >= 0.3 is 0 Å². The second-order valence-electron chi connectivity index (χ2n) is 7.12. The first kappa shape index (κ1) is 21.0. The van der Waals surface area contributed by atoms with Crippen molar-refractivity contribution in [2.24, 2.45) is 0 Å². The predicted molar refractivity (Wildman–Crippen MR) is 117 cm³/mol. The lowest BCUT2D eigenvalue weighted by molar-refractivity contribution is -0.116. The normalized spacial score (nSPS) is 12.5. The largest absolute Gasteiger partial charge is 0.493 e. The highest BCUT2D eigenvalue weighted by Gasteiger charge is 2.34. The minimum absolute atomic E-state index is 0.00129. The maximum atomic E-state index is 12.5. The zero-order valence-electron chi connectivity index (χ0n) is 17.4. The van der Waals surface area contributed by atoms with E-state index in [1.54, 1.807) is 54.9 Å². The molecule has 0 saturated carbocycles. The summed E-state index contributed by atoms with van der Waals surface area (Å²) in [6.45, 7) is 0.292. The molecule has 0 fully saturated rings. The van der Waals surface area contributed by atoms with Gasteiger partial charge in [-0.1, -0.05) is 18.2 Å². The van der Waals surface area contributed by atoms with Crippen molar-refractivity contribution in [3.8, 4) is 11.5 Å². The van der Waals surface area contributed by atoms with Crippen molar-refractivity contribution >= 4 is 23.4 Å². The number of nitrogens with one attached hydrogen (secondary N) is 1. The van der Waals surface area contributed by atoms with Crippen molar-refractivity contribution in [2.75, 3.05) is 19.0 Å². The van der Waals surface area contributed by atoms with Gasteiger partial charge in [0.2, 0.25) is 5.91 Å². The van der Waals surface area contributed by atoms with Gasteiger partial charge in [-0.25, -0.2) is 0 Å². The van der Waals surface area contributed by atoms with Crippen LogP contribution in [-0.4, -0.2) is 41.3 Å². The summed E-state index contributed by atoms with van der Waals surface area (Å²) in [6.07, 6.45) is 3.36. The van der Waals surface area contributed by atoms with Crippen LogP contribution in [0.25, 0.3) is 0 Å². The number of imide groups is 1. The average molecular weight is 431 g/mol. The van der Waals surface area contributed by atoms with Gasteiger partial charge in [-0.3, -0.25) is 24.3 Å². The molecule has 8 heteroatoms. The number of amides is 3. The summed E-state index contributed by atoms with van der Waals surface area (Å²) in [5, 5.41) is 2.77. The molecule has 0 bridgehead atoms. The van der Waals surface area contributed by atoms with Gasteiger partial charge in [0.25, 0.3) is 11.8 Å². The summed E-state index contributed by atoms with van der Waals surface area (Å²) in [5.74, 6) is -0.0970. The zero-order chi connectivity index (χ0) is 22.5. The lowest BCUT2D eigenvalue weighted by atomic mass is 10.1. The van der Waals surface area contributed by atoms with E-state index in [0.717, 1.165) is 10.5 Å². The number of pyridine rings is 1. The molecule has 1 N–H and O–H groups in total. The zero-order valence-corrected chi connectivity index (χ0v) is 17.4. The van der Waals surface area contributed by atoms with Gasteiger partial charge < -0.3 is 14.8 Å². The van der Waals surface area contributed by atoms with Crippen LogP contribution in [0, 0.1) is 0 Å². The highest BCUT2D eigenvalue weighted by atomic mass is 16.5. The fourth-order valence-electron chi connectivity index (χ4n) is 3.39. The molecule has 3 amide bonds. The van der Waals surface area contributed by atoms with Crippen LogP contribution in [0.15, 0.2) is 67.0 Å². The van der Waals surface area contributed by atoms with Crippen LogP contribution in [0.3, 0.4) is 0 Å². The summed E-state index contributed by atoms with van der Waals surface area (Å²) >= 11 is 0. The van der Waals surface area contributed by atoms with Crippen LogP contribution in [-0.2, 0) is 11.4 Å². The van der Waals surface area contributed by atoms with Gasteiger partial charge in [0.05, 0.1) is 18.2 Å². The quantitative estimate of drug-likeness (QED) is 0.550. The molecule has 32 heavy (non-hydrogen) atoms. The first-order valence-electron chi connectivity index (χ1n) is 10.0. The Labute approximate surface area is 184 Å². The highest BCUT2D eigenvalue weighted by molar-refractivity contribution is 6.21. The van der Waals surface area contributed by atoms with Gasteiger partial charge in [0, 0.05) is 42.7 Å². The summed E-state index contributed by atoms with van der Waals surface area (Å²) in [6, 6.07) is 15.4. The standard InChI is InChI=1S/C24H21N3O5/c1-31-20-9-8-17(13-21(20)32-15-16-5-4-11-25-14-16)26-22(28)10-12-27-23(29)18-6-2-3-7-19(18)24(27)30/h2-9,11,13-14H,10,12,15H2,1H3,(H,26,28). The number of nitrogens with zero attached hydrogens (tertiary/aromatic N) is 2. The second kappa shape index (κ2) is 9.30. The van der Waals surface area contributed by atoms with E-state index in [4.69, 9.17) is 9.47 Å². The van der Waals surface area contributed by atoms with E-state index in [2.05, 4.69) is 10.3 Å². The summed E-state index contributed by atoms with van der Waals surface area (Å²) in [5.41, 5.74) is 2.14. The number of ether oxygens (including phenoxy) is 2. The van der Waals surface area contributed by atoms with E-state index in [0.29, 0.717) is 34.9 Å². The number of hydrogen-bond donors (Lipinski definition) is 1. The Hall–Kier alpha value is -4.20. The van der Waals surface area contributed by atoms with E-state index >= 15 is 0 Å². The Morgan fingerprint density at radius 2 is 1.75 bits per heavy atom. The number of anilines is 1. The second-order valence-corrected chi connectivity index (χ2v) is 7.12. The number of fused-ring (bicyclic) bond motifs is 1. The molecule has 162 valence electrons. The van der Waals surface area contributed by atoms with Gasteiger partial charge in [-0.2, -0.15) is 0 Å². The molecule has 0 atom stereocenters. The molecule has 0 radical (unpaired) electrons. The Morgan fingerprint density at radius 1 is 1.00 bits per heavy atom. The van der Waals surface area contributed by atoms with Gasteiger partial charge in [0.1, 0.15) is 6.61 Å². The molecule has 1 aromatic heterocycles. The predicted octanol–water partition coefficient (Wildman–Crippen LogP) is 3.29. The first-order chi connectivity index (χ1) is 15.6. The maximum absolute atomic E-state index is 12.5. The number of methoxy groups -OCH3 is 1. The fraction of sp³-hybridized carbons (Fsp3) is 0.167. The molecule has 2 heterocycles. The number of carbonyl (C=O) groups is 3. The van der Waals surface area contributed by atoms with Crippen LogP contribution < -0.4 is 14.8 Å². The smallest absolute Gasteiger partial charge is 0.261 e. The van der Waals surface area contributed by atoms with Crippen molar-refractivity contribution in [2.45, 2.75) is 13.0 Å². The summed E-state index contributed by atoms with van der Waals surface area (Å²) in [7, 11) is 1.53. The molecule has 1 aliphatic rings. The maximum Gasteiger partial charge on any atom is 0.261 e. The first-order valence-corrected chi connectivity index (χ1v) is 10.0. The van der Waals surface area contributed by atoms with E-state index in [1.165, 1.54) is 7.11 Å². The Kier molecular flexibility index (Phi) is 6.12. The molecular weight excluding hydrogens is 410 g/mol. The lowest BCUT2D eigenvalue weighted by Crippen LogP contribution is -2.32. The van der Waals surface area contributed by atoms with Crippen molar-refractivity contribution in [1.82, 2.24) is 9.88 Å². The van der Waals surface area contributed by atoms with Crippen LogP contribution in [0.4, 0.5) is 5.69 Å². The molecular formula is C24H21N3O5. The molecule has 0 unspecified atom stereocenters. The Bertz CT molecular complexity index is 1130. The molecule has 4 rings (SSSR count). The molecule has 0 saturated heterocycles. The van der Waals surface area contributed by atoms with Crippen LogP contribution in [0.5, 0.6) is 11.5 Å². The summed E-state index contributed by atoms with van der Waals surface area (Å²) < 4.78 is 11.2. The number of rotatable bonds is 8. The van der Waals surface area contributed by atoms with Crippen molar-refractivity contribution in [3.63, 3.8) is 0 Å². The Balaban J connectivity index is 1.37. The van der Waals surface area contributed by atoms with Crippen LogP contribution in [0.2, 0.25) is 0 Å². The number of aromatic nitrogens is 1. The Morgan fingerprint density at radius 3 is 2.41 bits per heavy atom. The SMILES string of the molecule is COc1ccc(NC(=O)CCN2C(=O)c3ccccc3C2=O)cc1OCc1cccnc1. The number of carbonyl (C=O) groups excluding carboxylic acids is 3. The molecule has 0 spiro atoms. The average Bonchev–Trinajstić information content (AvgIpc) is 3.07. The molecule has 2 aromatic carbocycles. The van der Waals surface area contributed by atoms with Crippen LogP contribution in [0.1, 0.15) is 32.7 Å². The third kappa shape index (κ3) is 4.44. The highest BCUT2D eigenvalue weighted by Crippen LogP contribution is 2.31. The topological polar surface area (TPSA) is 97.8 Å². The van der Waals surface area contributed by atoms with Gasteiger partial charge in [-0.15, -0.1) is 0 Å². The van der Waals surface area contributed by atoms with E-state index in [9.17, 15) is 14.4 Å². The third-order valence-corrected chi connectivity index (χ3v) is 5.01. The van der Waals surface area contributed by atoms with Crippen LogP contribution >= 0.6 is 0 Å². The number of benzene rings is 2. The molecule has 1 aliphatic heterocycles. The van der Waals surface area contributed by atoms with Crippen molar-refractivity contribution in [3.05, 3.63) is 83.7 Å². The van der Waals surface area contributed by atoms with E-state index in [-0.39, 0.29) is 30.7 Å². The number of hydrogen-bond acceptors (Lipinski definition) is 6. The molecule has 8 nitrogen and oxygen atoms in total.